The van der Waals surface area contributed by atoms with Crippen molar-refractivity contribution in [3.05, 3.63) is 35.9 Å². The van der Waals surface area contributed by atoms with Crippen LogP contribution in [0.4, 0.5) is 0 Å². The summed E-state index contributed by atoms with van der Waals surface area (Å²) in [5.74, 6) is -0.691. The zero-order valence-corrected chi connectivity index (χ0v) is 8.70. The van der Waals surface area contributed by atoms with Crippen LogP contribution in [-0.4, -0.2) is 11.1 Å². The number of hydrogen-bond donors (Lipinski definition) is 1. The van der Waals surface area contributed by atoms with Gasteiger partial charge in [0.05, 0.1) is 0 Å². The van der Waals surface area contributed by atoms with Crippen molar-refractivity contribution in [3.8, 4) is 0 Å². The van der Waals surface area contributed by atoms with Gasteiger partial charge in [-0.2, -0.15) is 0 Å². The fourth-order valence-electron chi connectivity index (χ4n) is 2.37. The molecule has 1 aliphatic rings. The van der Waals surface area contributed by atoms with E-state index in [1.807, 2.05) is 12.1 Å². The monoisotopic (exact) mass is 203 g/mol. The number of carboxylic acids is 1. The molecule has 2 heteroatoms. The van der Waals surface area contributed by atoms with E-state index in [1.54, 1.807) is 0 Å². The molecule has 0 unspecified atom stereocenters. The second kappa shape index (κ2) is 4.05. The highest BCUT2D eigenvalue weighted by Gasteiger charge is 2.38. The summed E-state index contributed by atoms with van der Waals surface area (Å²) in [6.07, 6.45) is 4.53. The van der Waals surface area contributed by atoms with Crippen LogP contribution in [0.3, 0.4) is 0 Å². The van der Waals surface area contributed by atoms with Crippen LogP contribution in [0.25, 0.3) is 0 Å². The Hall–Kier alpha value is -1.31. The van der Waals surface area contributed by atoms with Gasteiger partial charge in [-0.05, 0) is 36.3 Å². The molecule has 1 N–H and O–H groups in total. The molecule has 0 aliphatic heterocycles. The van der Waals surface area contributed by atoms with Gasteiger partial charge in [-0.3, -0.25) is 4.79 Å². The van der Waals surface area contributed by atoms with Crippen molar-refractivity contribution < 1.29 is 9.90 Å². The molecule has 1 aliphatic carbocycles. The zero-order valence-electron chi connectivity index (χ0n) is 8.70. The number of carbonyl (C=O) groups is 1. The smallest absolute Gasteiger partial charge is 0.303 e. The molecule has 79 valence electrons. The number of hydrogen-bond acceptors (Lipinski definition) is 1. The van der Waals surface area contributed by atoms with Crippen LogP contribution < -0.4 is 0 Å². The van der Waals surface area contributed by atoms with Crippen LogP contribution >= 0.6 is 0 Å². The van der Waals surface area contributed by atoms with E-state index < -0.39 is 5.97 Å². The van der Waals surface area contributed by atoms with E-state index in [1.165, 1.54) is 12.0 Å². The van der Waals surface area contributed by atoms with Crippen molar-refractivity contribution in [2.45, 2.75) is 37.5 Å². The third-order valence-corrected chi connectivity index (χ3v) is 3.46. The van der Waals surface area contributed by atoms with Crippen LogP contribution in [0.5, 0.6) is 0 Å². The SMILES string of the molecule is O=C(O)CCC1(c2cc[c]cc2)CCC1. The van der Waals surface area contributed by atoms with Gasteiger partial charge in [0, 0.05) is 6.42 Å². The van der Waals surface area contributed by atoms with Gasteiger partial charge in [0.1, 0.15) is 0 Å². The Bertz CT molecular complexity index is 339. The fourth-order valence-corrected chi connectivity index (χ4v) is 2.37. The van der Waals surface area contributed by atoms with Gasteiger partial charge in [0.15, 0.2) is 0 Å². The van der Waals surface area contributed by atoms with Crippen LogP contribution in [0.1, 0.15) is 37.7 Å². The summed E-state index contributed by atoms with van der Waals surface area (Å²) in [5, 5.41) is 8.74. The first kappa shape index (κ1) is 10.2. The summed E-state index contributed by atoms with van der Waals surface area (Å²) in [7, 11) is 0. The first-order valence-corrected chi connectivity index (χ1v) is 5.41. The number of benzene rings is 1. The summed E-state index contributed by atoms with van der Waals surface area (Å²) < 4.78 is 0. The van der Waals surface area contributed by atoms with Gasteiger partial charge in [-0.15, -0.1) is 0 Å². The lowest BCUT2D eigenvalue weighted by molar-refractivity contribution is -0.137. The molecule has 0 atom stereocenters. The Morgan fingerprint density at radius 1 is 1.40 bits per heavy atom. The molecule has 1 aromatic rings. The molecule has 1 saturated carbocycles. The highest BCUT2D eigenvalue weighted by molar-refractivity contribution is 5.66. The molecule has 1 aromatic carbocycles. The van der Waals surface area contributed by atoms with Gasteiger partial charge in [-0.25, -0.2) is 0 Å². The van der Waals surface area contributed by atoms with E-state index in [0.717, 1.165) is 19.3 Å². The van der Waals surface area contributed by atoms with Gasteiger partial charge in [-0.1, -0.05) is 30.7 Å². The predicted molar refractivity (Wildman–Crippen MR) is 57.7 cm³/mol. The maximum atomic E-state index is 10.6. The van der Waals surface area contributed by atoms with Crippen molar-refractivity contribution in [2.24, 2.45) is 0 Å². The molecular formula is C13H15O2. The molecule has 2 rings (SSSR count). The van der Waals surface area contributed by atoms with E-state index in [-0.39, 0.29) is 11.8 Å². The van der Waals surface area contributed by atoms with Gasteiger partial charge >= 0.3 is 5.97 Å². The number of rotatable bonds is 4. The van der Waals surface area contributed by atoms with Crippen LogP contribution in [0.2, 0.25) is 0 Å². The largest absolute Gasteiger partial charge is 0.481 e. The standard InChI is InChI=1S/C13H15O2/c14-12(15)7-10-13(8-4-9-13)11-5-2-1-3-6-11/h2-3,5-6H,4,7-10H2,(H,14,15). The maximum Gasteiger partial charge on any atom is 0.303 e. The summed E-state index contributed by atoms with van der Waals surface area (Å²) >= 11 is 0. The molecule has 1 radical (unpaired) electrons. The van der Waals surface area contributed by atoms with Crippen LogP contribution in [0.15, 0.2) is 24.3 Å². The summed E-state index contributed by atoms with van der Waals surface area (Å²) in [5.41, 5.74) is 1.43. The van der Waals surface area contributed by atoms with Crippen molar-refractivity contribution >= 4 is 5.97 Å². The average Bonchev–Trinajstić information content (AvgIpc) is 2.17. The van der Waals surface area contributed by atoms with Crippen molar-refractivity contribution in [3.63, 3.8) is 0 Å². The quantitative estimate of drug-likeness (QED) is 0.817. The molecule has 0 amide bonds. The zero-order chi connectivity index (χ0) is 10.7. The van der Waals surface area contributed by atoms with Crippen molar-refractivity contribution in [1.82, 2.24) is 0 Å². The molecule has 0 heterocycles. The second-order valence-electron chi connectivity index (χ2n) is 4.32. The lowest BCUT2D eigenvalue weighted by Crippen LogP contribution is -2.34. The highest BCUT2D eigenvalue weighted by Crippen LogP contribution is 2.46. The summed E-state index contributed by atoms with van der Waals surface area (Å²) in [4.78, 5) is 10.6. The first-order chi connectivity index (χ1) is 7.23. The lowest BCUT2D eigenvalue weighted by atomic mass is 9.62. The second-order valence-corrected chi connectivity index (χ2v) is 4.32. The Balaban J connectivity index is 2.12. The van der Waals surface area contributed by atoms with E-state index in [2.05, 4.69) is 18.2 Å². The molecule has 0 bridgehead atoms. The maximum absolute atomic E-state index is 10.6. The molecule has 15 heavy (non-hydrogen) atoms. The van der Waals surface area contributed by atoms with Crippen LogP contribution in [0, 0.1) is 6.07 Å². The fraction of sp³-hybridized carbons (Fsp3) is 0.462. The van der Waals surface area contributed by atoms with E-state index in [4.69, 9.17) is 5.11 Å². The molecule has 0 spiro atoms. The molecular weight excluding hydrogens is 188 g/mol. The van der Waals surface area contributed by atoms with Crippen molar-refractivity contribution in [1.29, 1.82) is 0 Å². The van der Waals surface area contributed by atoms with Crippen LogP contribution in [-0.2, 0) is 10.2 Å². The third-order valence-electron chi connectivity index (χ3n) is 3.46. The topological polar surface area (TPSA) is 37.3 Å². The molecule has 0 aromatic heterocycles. The highest BCUT2D eigenvalue weighted by atomic mass is 16.4. The Labute approximate surface area is 89.9 Å². The lowest BCUT2D eigenvalue weighted by Gasteiger charge is -2.42. The molecule has 2 nitrogen and oxygen atoms in total. The number of aliphatic carboxylic acids is 1. The Morgan fingerprint density at radius 3 is 2.53 bits per heavy atom. The van der Waals surface area contributed by atoms with Gasteiger partial charge in [0.2, 0.25) is 0 Å². The Morgan fingerprint density at radius 2 is 2.07 bits per heavy atom. The van der Waals surface area contributed by atoms with Gasteiger partial charge < -0.3 is 5.11 Å². The molecule has 1 fully saturated rings. The first-order valence-electron chi connectivity index (χ1n) is 5.41. The summed E-state index contributed by atoms with van der Waals surface area (Å²) in [6.45, 7) is 0. The minimum Gasteiger partial charge on any atom is -0.481 e. The molecule has 0 saturated heterocycles. The average molecular weight is 203 g/mol. The minimum absolute atomic E-state index is 0.146. The summed E-state index contributed by atoms with van der Waals surface area (Å²) in [6, 6.07) is 11.0. The predicted octanol–water partition coefficient (Wildman–Crippen LogP) is 2.77. The van der Waals surface area contributed by atoms with Gasteiger partial charge in [0.25, 0.3) is 0 Å². The number of carboxylic acid groups (broad SMARTS) is 1. The Kier molecular flexibility index (Phi) is 2.76. The van der Waals surface area contributed by atoms with E-state index >= 15 is 0 Å². The van der Waals surface area contributed by atoms with Crippen molar-refractivity contribution in [2.75, 3.05) is 0 Å². The van der Waals surface area contributed by atoms with E-state index in [0.29, 0.717) is 0 Å². The normalized spacial score (nSPS) is 18.1. The third kappa shape index (κ3) is 2.04. The minimum atomic E-state index is -0.691. The van der Waals surface area contributed by atoms with E-state index in [9.17, 15) is 4.79 Å².